The van der Waals surface area contributed by atoms with Crippen molar-refractivity contribution in [1.29, 1.82) is 0 Å². The first-order chi connectivity index (χ1) is 21.3. The van der Waals surface area contributed by atoms with Gasteiger partial charge in [0.1, 0.15) is 22.8 Å². The normalized spacial score (nSPS) is 13.4. The maximum Gasteiger partial charge on any atom is 0.422 e. The average Bonchev–Trinajstić information content (AvgIpc) is 3.40. The number of ether oxygens (including phenoxy) is 2. The third kappa shape index (κ3) is 11.7. The fourth-order valence-electron chi connectivity index (χ4n) is 4.23. The summed E-state index contributed by atoms with van der Waals surface area (Å²) in [5.74, 6) is -2.09. The second kappa shape index (κ2) is 15.4. The number of benzene rings is 2. The molecule has 2 unspecified atom stereocenters. The van der Waals surface area contributed by atoms with E-state index in [4.69, 9.17) is 9.47 Å². The zero-order valence-corrected chi connectivity index (χ0v) is 28.4. The van der Waals surface area contributed by atoms with E-state index in [9.17, 15) is 23.5 Å². The lowest BCUT2D eigenvalue weighted by atomic mass is 10.0. The number of imidazole rings is 1. The summed E-state index contributed by atoms with van der Waals surface area (Å²) in [7, 11) is 0. The number of alkyl carbamates (subject to hydrolysis) is 1. The molecule has 10 nitrogen and oxygen atoms in total. The van der Waals surface area contributed by atoms with E-state index in [-0.39, 0.29) is 17.7 Å². The summed E-state index contributed by atoms with van der Waals surface area (Å²) in [5.41, 5.74) is 0.805. The van der Waals surface area contributed by atoms with Crippen LogP contribution in [-0.2, 0) is 22.4 Å². The first kappa shape index (κ1) is 37.0. The van der Waals surface area contributed by atoms with Crippen molar-refractivity contribution in [3.8, 4) is 11.3 Å². The number of aliphatic hydroxyl groups excluding tert-OH is 1. The Hall–Kier alpha value is -3.44. The summed E-state index contributed by atoms with van der Waals surface area (Å²) in [6.07, 6.45) is -1.20. The Morgan fingerprint density at radius 1 is 1.00 bits per heavy atom. The summed E-state index contributed by atoms with van der Waals surface area (Å²) in [4.78, 5) is 29.2. The Kier molecular flexibility index (Phi) is 12.4. The molecule has 15 heteroatoms. The van der Waals surface area contributed by atoms with Crippen LogP contribution < -0.4 is 10.7 Å². The number of hydrogen-bond acceptors (Lipinski definition) is 7. The molecule has 3 aromatic rings. The van der Waals surface area contributed by atoms with E-state index in [1.54, 1.807) is 41.5 Å². The Labute approximate surface area is 278 Å². The zero-order valence-electron chi connectivity index (χ0n) is 26.3. The van der Waals surface area contributed by atoms with Gasteiger partial charge < -0.3 is 19.9 Å². The number of alkyl halides is 2. The number of amides is 2. The number of aliphatic hydroxyl groups is 1. The maximum atomic E-state index is 15.3. The van der Waals surface area contributed by atoms with Gasteiger partial charge in [0.05, 0.1) is 24.2 Å². The van der Waals surface area contributed by atoms with Crippen LogP contribution in [0.3, 0.4) is 0 Å². The molecule has 2 atom stereocenters. The minimum absolute atomic E-state index is 0.0736. The van der Waals surface area contributed by atoms with Crippen molar-refractivity contribution in [3.05, 3.63) is 75.3 Å². The Balaban J connectivity index is 1.91. The SMILES string of the molecule is CC(C)(C)OC(=O)NC(Cc1ccc(I)cc1)C(O)CN(Cc1c(F)cc(-c2cn(C(F)F)cn2)cc1F)NC(=O)OC(C)(C)C. The summed E-state index contributed by atoms with van der Waals surface area (Å²) in [5, 5.41) is 15.1. The van der Waals surface area contributed by atoms with Gasteiger partial charge in [-0.3, -0.25) is 9.99 Å². The van der Waals surface area contributed by atoms with Gasteiger partial charge in [-0.15, -0.1) is 0 Å². The van der Waals surface area contributed by atoms with Crippen LogP contribution in [0.25, 0.3) is 11.3 Å². The third-order valence-electron chi connectivity index (χ3n) is 6.20. The molecule has 3 N–H and O–H groups in total. The molecule has 0 radical (unpaired) electrons. The molecule has 0 fully saturated rings. The molecule has 0 aliphatic heterocycles. The van der Waals surface area contributed by atoms with Crippen LogP contribution in [0.5, 0.6) is 0 Å². The smallest absolute Gasteiger partial charge is 0.422 e. The molecule has 252 valence electrons. The van der Waals surface area contributed by atoms with Gasteiger partial charge in [-0.25, -0.2) is 28.4 Å². The van der Waals surface area contributed by atoms with Gasteiger partial charge in [-0.05, 0) is 100 Å². The summed E-state index contributed by atoms with van der Waals surface area (Å²) >= 11 is 2.14. The number of carbonyl (C=O) groups excluding carboxylic acids is 2. The number of hydrogen-bond donors (Lipinski definition) is 3. The van der Waals surface area contributed by atoms with Crippen molar-refractivity contribution in [2.24, 2.45) is 0 Å². The molecular formula is C31H38F4IN5O5. The van der Waals surface area contributed by atoms with Gasteiger partial charge in [-0.2, -0.15) is 8.78 Å². The molecule has 0 bridgehead atoms. The predicted molar refractivity (Wildman–Crippen MR) is 171 cm³/mol. The molecule has 2 aromatic carbocycles. The molecule has 1 aromatic heterocycles. The van der Waals surface area contributed by atoms with Crippen molar-refractivity contribution < 1.29 is 41.7 Å². The lowest BCUT2D eigenvalue weighted by Crippen LogP contribution is -2.54. The highest BCUT2D eigenvalue weighted by Crippen LogP contribution is 2.26. The Morgan fingerprint density at radius 2 is 1.57 bits per heavy atom. The molecule has 0 aliphatic rings. The first-order valence-electron chi connectivity index (χ1n) is 14.3. The van der Waals surface area contributed by atoms with E-state index in [0.29, 0.717) is 4.57 Å². The number of halogens is 5. The van der Waals surface area contributed by atoms with Gasteiger partial charge in [0, 0.05) is 34.0 Å². The molecule has 46 heavy (non-hydrogen) atoms. The second-order valence-electron chi connectivity index (χ2n) is 12.5. The van der Waals surface area contributed by atoms with Crippen molar-refractivity contribution in [1.82, 2.24) is 25.3 Å². The average molecular weight is 764 g/mol. The van der Waals surface area contributed by atoms with Crippen molar-refractivity contribution in [2.45, 2.75) is 84.4 Å². The molecule has 0 saturated carbocycles. The number of nitrogens with one attached hydrogen (secondary N) is 2. The van der Waals surface area contributed by atoms with Gasteiger partial charge in [0.15, 0.2) is 0 Å². The van der Waals surface area contributed by atoms with E-state index in [1.807, 2.05) is 24.3 Å². The van der Waals surface area contributed by atoms with Gasteiger partial charge in [0.25, 0.3) is 0 Å². The monoisotopic (exact) mass is 763 g/mol. The van der Waals surface area contributed by atoms with Crippen LogP contribution in [0.2, 0.25) is 0 Å². The van der Waals surface area contributed by atoms with Crippen LogP contribution in [0, 0.1) is 15.2 Å². The number of carbonyl (C=O) groups is 2. The zero-order chi connectivity index (χ0) is 34.4. The van der Waals surface area contributed by atoms with Crippen LogP contribution in [0.4, 0.5) is 27.2 Å². The fourth-order valence-corrected chi connectivity index (χ4v) is 4.59. The fraction of sp³-hybridized carbons (Fsp3) is 0.452. The summed E-state index contributed by atoms with van der Waals surface area (Å²) in [6, 6.07) is 8.27. The molecule has 0 spiro atoms. The van der Waals surface area contributed by atoms with E-state index in [2.05, 4.69) is 38.3 Å². The Morgan fingerprint density at radius 3 is 2.09 bits per heavy atom. The number of rotatable bonds is 11. The highest BCUT2D eigenvalue weighted by Gasteiger charge is 2.29. The van der Waals surface area contributed by atoms with E-state index >= 15 is 8.78 Å². The van der Waals surface area contributed by atoms with E-state index in [0.717, 1.165) is 38.8 Å². The van der Waals surface area contributed by atoms with E-state index < -0.39 is 72.4 Å². The molecule has 0 aliphatic carbocycles. The highest BCUT2D eigenvalue weighted by molar-refractivity contribution is 14.1. The minimum atomic E-state index is -2.88. The van der Waals surface area contributed by atoms with E-state index in [1.165, 1.54) is 0 Å². The van der Waals surface area contributed by atoms with Crippen molar-refractivity contribution in [2.75, 3.05) is 6.54 Å². The van der Waals surface area contributed by atoms with Gasteiger partial charge in [0.2, 0.25) is 0 Å². The molecule has 3 rings (SSSR count). The minimum Gasteiger partial charge on any atom is -0.444 e. The number of nitrogens with zero attached hydrogens (tertiary/aromatic N) is 3. The topological polar surface area (TPSA) is 118 Å². The lowest BCUT2D eigenvalue weighted by Gasteiger charge is -2.32. The standard InChI is InChI=1S/C31H38F4IN5O5/c1-30(2,3)45-28(43)38-24(11-18-7-9-20(36)10-8-18)26(42)16-41(39-29(44)46-31(4,5)6)14-21-22(32)12-19(13-23(21)33)25-15-40(17-37-25)27(34)35/h7-10,12-13,15,17,24,26-27,42H,11,14,16H2,1-6H3,(H,38,43)(H,39,44). The lowest BCUT2D eigenvalue weighted by molar-refractivity contribution is 0.01000. The van der Waals surface area contributed by atoms with Crippen LogP contribution in [-0.4, -0.2) is 61.7 Å². The summed E-state index contributed by atoms with van der Waals surface area (Å²) in [6.45, 7) is 6.05. The Bertz CT molecular complexity index is 1470. The van der Waals surface area contributed by atoms with Gasteiger partial charge >= 0.3 is 18.7 Å². The largest absolute Gasteiger partial charge is 0.444 e. The molecular weight excluding hydrogens is 725 g/mol. The van der Waals surface area contributed by atoms with Crippen molar-refractivity contribution in [3.63, 3.8) is 0 Å². The van der Waals surface area contributed by atoms with Crippen LogP contribution in [0.1, 0.15) is 59.2 Å². The van der Waals surface area contributed by atoms with Crippen LogP contribution in [0.15, 0.2) is 48.9 Å². The molecule has 1 heterocycles. The summed E-state index contributed by atoms with van der Waals surface area (Å²) < 4.78 is 68.8. The first-order valence-corrected chi connectivity index (χ1v) is 15.3. The van der Waals surface area contributed by atoms with Gasteiger partial charge in [-0.1, -0.05) is 12.1 Å². The highest BCUT2D eigenvalue weighted by atomic mass is 127. The second-order valence-corrected chi connectivity index (χ2v) is 13.8. The maximum absolute atomic E-state index is 15.3. The van der Waals surface area contributed by atoms with Crippen LogP contribution >= 0.6 is 22.6 Å². The van der Waals surface area contributed by atoms with Crippen molar-refractivity contribution >= 4 is 34.8 Å². The molecule has 0 saturated heterocycles. The number of hydrazine groups is 1. The predicted octanol–water partition coefficient (Wildman–Crippen LogP) is 6.57. The quantitative estimate of drug-likeness (QED) is 0.115. The molecule has 2 amide bonds. The number of aromatic nitrogens is 2. The third-order valence-corrected chi connectivity index (χ3v) is 6.92.